The Kier molecular flexibility index (Phi) is 13.1. The van der Waals surface area contributed by atoms with Gasteiger partial charge in [-0.25, -0.2) is 23.5 Å². The van der Waals surface area contributed by atoms with E-state index in [-0.39, 0.29) is 65.7 Å². The number of alkyl halides is 2. The summed E-state index contributed by atoms with van der Waals surface area (Å²) in [6.07, 6.45) is 7.91. The lowest BCUT2D eigenvalue weighted by Gasteiger charge is -2.36. The third-order valence-corrected chi connectivity index (χ3v) is 13.3. The number of fused-ring (bicyclic) bond motifs is 1. The molecule has 20 heteroatoms. The van der Waals surface area contributed by atoms with Crippen LogP contribution in [0.15, 0.2) is 58.2 Å². The molecular weight excluding hydrogens is 857 g/mol. The molecule has 5 aromatic rings. The molecule has 6 heterocycles. The molecule has 2 aliphatic carbocycles. The molecule has 0 bridgehead atoms. The molecule has 4 fully saturated rings. The zero-order chi connectivity index (χ0) is 46.1. The number of carbonyl (C=O) groups is 4. The van der Waals surface area contributed by atoms with E-state index in [1.54, 1.807) is 41.9 Å². The maximum absolute atomic E-state index is 14.2. The van der Waals surface area contributed by atoms with Gasteiger partial charge in [-0.2, -0.15) is 5.10 Å². The van der Waals surface area contributed by atoms with E-state index < -0.39 is 30.0 Å². The van der Waals surface area contributed by atoms with Crippen molar-refractivity contribution >= 4 is 46.2 Å². The molecule has 4 aromatic heterocycles. The first-order valence-corrected chi connectivity index (χ1v) is 22.8. The minimum absolute atomic E-state index is 0.0246. The van der Waals surface area contributed by atoms with Crippen LogP contribution in [-0.2, 0) is 32.6 Å². The molecule has 2 aliphatic heterocycles. The smallest absolute Gasteiger partial charge is 0.329 e. The normalized spacial score (nSPS) is 21.6. The molecule has 2 saturated carbocycles. The van der Waals surface area contributed by atoms with Crippen LogP contribution in [0.4, 0.5) is 20.3 Å². The number of hydrogen-bond donors (Lipinski definition) is 3. The fourth-order valence-corrected chi connectivity index (χ4v) is 9.47. The second-order valence-corrected chi connectivity index (χ2v) is 18.1. The molecule has 4 aliphatic rings. The number of morpholine rings is 1. The van der Waals surface area contributed by atoms with E-state index in [1.807, 2.05) is 18.2 Å². The van der Waals surface area contributed by atoms with E-state index in [9.17, 15) is 32.8 Å². The molecular formula is C46H55F2N11O7. The molecule has 9 rings (SSSR count). The number of nitrogens with one attached hydrogen (secondary N) is 3. The summed E-state index contributed by atoms with van der Waals surface area (Å²) >= 11 is 0. The number of aryl methyl sites for hydroxylation is 2. The molecule has 66 heavy (non-hydrogen) atoms. The number of imide groups is 1. The van der Waals surface area contributed by atoms with Gasteiger partial charge in [-0.1, -0.05) is 6.07 Å². The number of oxazole rings is 1. The van der Waals surface area contributed by atoms with Gasteiger partial charge >= 0.3 is 5.69 Å². The molecule has 0 spiro atoms. The third kappa shape index (κ3) is 9.93. The van der Waals surface area contributed by atoms with Crippen LogP contribution in [0.2, 0.25) is 0 Å². The zero-order valence-electron chi connectivity index (χ0n) is 37.1. The van der Waals surface area contributed by atoms with Crippen LogP contribution < -0.4 is 21.6 Å². The lowest BCUT2D eigenvalue weighted by Crippen LogP contribution is -2.49. The van der Waals surface area contributed by atoms with Crippen LogP contribution in [0, 0.1) is 11.8 Å². The highest BCUT2D eigenvalue weighted by molar-refractivity contribution is 6.03. The summed E-state index contributed by atoms with van der Waals surface area (Å²) in [5.74, 6) is -0.168. The van der Waals surface area contributed by atoms with Crippen LogP contribution in [0.5, 0.6) is 0 Å². The number of piperidine rings is 1. The van der Waals surface area contributed by atoms with Crippen molar-refractivity contribution in [2.45, 2.75) is 88.8 Å². The number of halogens is 2. The van der Waals surface area contributed by atoms with E-state index in [1.165, 1.54) is 34.6 Å². The summed E-state index contributed by atoms with van der Waals surface area (Å²) in [7, 11) is 3.49. The summed E-state index contributed by atoms with van der Waals surface area (Å²) in [6, 6.07) is 8.40. The number of aromatic nitrogens is 6. The molecule has 350 valence electrons. The molecule has 1 aromatic carbocycles. The van der Waals surface area contributed by atoms with Gasteiger partial charge in [0.05, 0.1) is 35.5 Å². The number of ether oxygens (including phenoxy) is 1. The van der Waals surface area contributed by atoms with E-state index >= 15 is 0 Å². The summed E-state index contributed by atoms with van der Waals surface area (Å²) in [6.45, 7) is 4.11. The summed E-state index contributed by atoms with van der Waals surface area (Å²) < 4.78 is 44.6. The van der Waals surface area contributed by atoms with Gasteiger partial charge in [0, 0.05) is 70.6 Å². The second kappa shape index (κ2) is 19.3. The average molecular weight is 912 g/mol. The minimum atomic E-state index is -2.93. The monoisotopic (exact) mass is 911 g/mol. The highest BCUT2D eigenvalue weighted by Crippen LogP contribution is 2.36. The van der Waals surface area contributed by atoms with Gasteiger partial charge in [-0.15, -0.1) is 0 Å². The number of imidazole rings is 1. The van der Waals surface area contributed by atoms with Crippen LogP contribution in [-0.4, -0.2) is 115 Å². The Bertz CT molecular complexity index is 2660. The van der Waals surface area contributed by atoms with E-state index in [4.69, 9.17) is 9.15 Å². The van der Waals surface area contributed by atoms with Gasteiger partial charge in [0.2, 0.25) is 23.6 Å². The van der Waals surface area contributed by atoms with E-state index in [0.717, 1.165) is 43.6 Å². The Morgan fingerprint density at radius 3 is 2.62 bits per heavy atom. The predicted octanol–water partition coefficient (Wildman–Crippen LogP) is 5.10. The van der Waals surface area contributed by atoms with Crippen LogP contribution in [0.25, 0.3) is 22.5 Å². The van der Waals surface area contributed by atoms with Crippen molar-refractivity contribution in [2.24, 2.45) is 18.9 Å². The maximum atomic E-state index is 14.2. The number of pyridine rings is 1. The van der Waals surface area contributed by atoms with E-state index in [0.29, 0.717) is 68.2 Å². The highest BCUT2D eigenvalue weighted by Gasteiger charge is 2.34. The van der Waals surface area contributed by atoms with Crippen molar-refractivity contribution in [3.8, 4) is 11.5 Å². The number of nitrogens with zero attached hydrogens (tertiary/aromatic N) is 8. The number of amides is 4. The van der Waals surface area contributed by atoms with Crippen molar-refractivity contribution in [2.75, 3.05) is 57.0 Å². The Morgan fingerprint density at radius 2 is 1.85 bits per heavy atom. The molecule has 3 N–H and O–H groups in total. The minimum Gasteiger partial charge on any atom is -0.444 e. The van der Waals surface area contributed by atoms with Crippen LogP contribution in [0.1, 0.15) is 98.0 Å². The third-order valence-electron chi connectivity index (χ3n) is 13.3. The number of carbonyl (C=O) groups excluding carboxylic acids is 4. The number of hydrogen-bond acceptors (Lipinski definition) is 12. The molecule has 4 amide bonds. The van der Waals surface area contributed by atoms with Crippen molar-refractivity contribution in [3.05, 3.63) is 76.4 Å². The van der Waals surface area contributed by atoms with Crippen molar-refractivity contribution in [1.29, 1.82) is 0 Å². The predicted molar refractivity (Wildman–Crippen MR) is 238 cm³/mol. The Morgan fingerprint density at radius 1 is 1.03 bits per heavy atom. The standard InChI is InChI=1S/C46H55F2N11O7/c1-55(23-32-24-57(18-19-65-32)17-3-4-27-7-12-35-37(20-27)56(2)46(64)59(35)36-13-14-39(60)53-43(36)62)45(63)29-8-10-31(11-9-29)58-25-33(40(54-58)41(47)48)51-42(61)34-26-66-44(52-34)30-15-16-49-38(21-30)50-22-28-5-6-28/h7,12,15-16,20-21,25-26,28-29,31-32,36,41H,3-6,8-11,13-14,17-19,22-24H2,1-2H3,(H,49,50)(H,51,61)(H,53,60,62)/t29?,31?,32-,36?/m1/s1. The maximum Gasteiger partial charge on any atom is 0.329 e. The van der Waals surface area contributed by atoms with Gasteiger partial charge in [0.15, 0.2) is 11.4 Å². The van der Waals surface area contributed by atoms with Crippen molar-refractivity contribution in [3.63, 3.8) is 0 Å². The lowest BCUT2D eigenvalue weighted by atomic mass is 9.85. The number of benzene rings is 1. The molecule has 2 atom stereocenters. The van der Waals surface area contributed by atoms with Gasteiger partial charge in [-0.3, -0.25) is 43.2 Å². The van der Waals surface area contributed by atoms with Gasteiger partial charge in [0.25, 0.3) is 12.3 Å². The highest BCUT2D eigenvalue weighted by atomic mass is 19.3. The summed E-state index contributed by atoms with van der Waals surface area (Å²) in [4.78, 5) is 77.0. The average Bonchev–Trinajstić information content (AvgIpc) is 3.73. The first-order valence-electron chi connectivity index (χ1n) is 22.8. The first kappa shape index (κ1) is 44.9. The van der Waals surface area contributed by atoms with Crippen LogP contribution in [0.3, 0.4) is 0 Å². The Labute approximate surface area is 379 Å². The van der Waals surface area contributed by atoms with Crippen molar-refractivity contribution < 1.29 is 37.1 Å². The number of rotatable bonds is 16. The number of anilines is 2. The molecule has 1 unspecified atom stereocenters. The lowest BCUT2D eigenvalue weighted by molar-refractivity contribution is -0.138. The van der Waals surface area contributed by atoms with Gasteiger partial charge < -0.3 is 24.7 Å². The Hall–Kier alpha value is -6.28. The van der Waals surface area contributed by atoms with Crippen molar-refractivity contribution in [1.82, 2.24) is 44.0 Å². The summed E-state index contributed by atoms with van der Waals surface area (Å²) in [5.41, 5.74) is 2.07. The second-order valence-electron chi connectivity index (χ2n) is 18.1. The first-order chi connectivity index (χ1) is 31.9. The zero-order valence-corrected chi connectivity index (χ0v) is 37.1. The molecule has 0 radical (unpaired) electrons. The quantitative estimate of drug-likeness (QED) is 0.111. The number of likely N-dealkylation sites (N-methyl/N-ethyl adjacent to an activating group) is 1. The fourth-order valence-electron chi connectivity index (χ4n) is 9.47. The van der Waals surface area contributed by atoms with E-state index in [2.05, 4.69) is 35.9 Å². The van der Waals surface area contributed by atoms with Gasteiger partial charge in [-0.05, 0) is 100 Å². The largest absolute Gasteiger partial charge is 0.444 e. The molecule has 2 saturated heterocycles. The fraction of sp³-hybridized carbons (Fsp3) is 0.522. The van der Waals surface area contributed by atoms with Gasteiger partial charge in [0.1, 0.15) is 18.1 Å². The summed E-state index contributed by atoms with van der Waals surface area (Å²) in [5, 5.41) is 12.4. The Balaban J connectivity index is 0.734. The molecule has 18 nitrogen and oxygen atoms in total. The van der Waals surface area contributed by atoms with Crippen LogP contribution >= 0.6 is 0 Å². The topological polar surface area (TPSA) is 204 Å². The SMILES string of the molecule is CN(C[C@@H]1CN(CCCc2ccc3c(c2)n(C)c(=O)n3C2CCC(=O)NC2=O)CCO1)C(=O)C1CCC(n2cc(NC(=O)c3coc(-c4ccnc(NCC5CC5)c4)n3)c(C(F)F)n2)CC1.